The van der Waals surface area contributed by atoms with Gasteiger partial charge in [0.05, 0.1) is 11.9 Å². The Morgan fingerprint density at radius 1 is 1.08 bits per heavy atom. The maximum atomic E-state index is 13.0. The van der Waals surface area contributed by atoms with Crippen LogP contribution >= 0.6 is 0 Å². The van der Waals surface area contributed by atoms with Gasteiger partial charge in [-0.1, -0.05) is 5.21 Å². The van der Waals surface area contributed by atoms with E-state index in [0.717, 1.165) is 25.9 Å². The van der Waals surface area contributed by atoms with Crippen LogP contribution in [0.15, 0.2) is 30.5 Å². The minimum Gasteiger partial charge on any atom is -0.337 e. The molecular formula is C19H24FN5O. The van der Waals surface area contributed by atoms with E-state index < -0.39 is 0 Å². The molecule has 2 aliphatic rings. The fraction of sp³-hybridized carbons (Fsp3) is 0.526. The molecule has 3 heterocycles. The smallest absolute Gasteiger partial charge is 0.276 e. The monoisotopic (exact) mass is 357 g/mol. The number of hydrogen-bond donors (Lipinski definition) is 0. The number of carbonyl (C=O) groups excluding carboxylic acids is 1. The molecule has 0 unspecified atom stereocenters. The number of hydrogen-bond acceptors (Lipinski definition) is 4. The molecule has 4 rings (SSSR count). The summed E-state index contributed by atoms with van der Waals surface area (Å²) in [4.78, 5) is 17.1. The molecule has 0 radical (unpaired) electrons. The van der Waals surface area contributed by atoms with Crippen LogP contribution in [0.4, 0.5) is 4.39 Å². The highest BCUT2D eigenvalue weighted by molar-refractivity contribution is 5.92. The number of piperidine rings is 1. The van der Waals surface area contributed by atoms with Gasteiger partial charge in [0, 0.05) is 19.6 Å². The van der Waals surface area contributed by atoms with Crippen LogP contribution < -0.4 is 0 Å². The largest absolute Gasteiger partial charge is 0.337 e. The number of amides is 1. The molecule has 0 saturated carbocycles. The predicted molar refractivity (Wildman–Crippen MR) is 95.6 cm³/mol. The van der Waals surface area contributed by atoms with E-state index in [9.17, 15) is 9.18 Å². The molecule has 2 aromatic rings. The van der Waals surface area contributed by atoms with Crippen LogP contribution in [0.5, 0.6) is 0 Å². The second-order valence-corrected chi connectivity index (χ2v) is 7.27. The van der Waals surface area contributed by atoms with E-state index in [1.165, 1.54) is 49.3 Å². The molecule has 2 fully saturated rings. The van der Waals surface area contributed by atoms with Gasteiger partial charge < -0.3 is 9.80 Å². The van der Waals surface area contributed by atoms with E-state index in [1.807, 2.05) is 4.90 Å². The third-order valence-corrected chi connectivity index (χ3v) is 5.42. The van der Waals surface area contributed by atoms with Gasteiger partial charge in [-0.05, 0) is 69.0 Å². The van der Waals surface area contributed by atoms with Crippen molar-refractivity contribution in [3.05, 3.63) is 42.0 Å². The van der Waals surface area contributed by atoms with Gasteiger partial charge in [0.15, 0.2) is 5.69 Å². The highest BCUT2D eigenvalue weighted by Gasteiger charge is 2.27. The summed E-state index contributed by atoms with van der Waals surface area (Å²) in [7, 11) is 0. The second-order valence-electron chi connectivity index (χ2n) is 7.27. The summed E-state index contributed by atoms with van der Waals surface area (Å²) in [6, 6.07) is 5.96. The van der Waals surface area contributed by atoms with Crippen molar-refractivity contribution in [2.45, 2.75) is 25.7 Å². The van der Waals surface area contributed by atoms with Gasteiger partial charge in [0.2, 0.25) is 0 Å². The molecule has 6 nitrogen and oxygen atoms in total. The molecule has 0 N–H and O–H groups in total. The Labute approximate surface area is 152 Å². The summed E-state index contributed by atoms with van der Waals surface area (Å²) in [6.07, 6.45) is 6.36. The van der Waals surface area contributed by atoms with Crippen LogP contribution in [-0.2, 0) is 0 Å². The van der Waals surface area contributed by atoms with Crippen molar-refractivity contribution >= 4 is 5.91 Å². The van der Waals surface area contributed by atoms with Crippen molar-refractivity contribution in [2.24, 2.45) is 5.92 Å². The lowest BCUT2D eigenvalue weighted by molar-refractivity contribution is 0.0667. The number of benzene rings is 1. The number of aromatic nitrogens is 3. The second kappa shape index (κ2) is 7.53. The average molecular weight is 357 g/mol. The Hall–Kier alpha value is -2.28. The fourth-order valence-electron chi connectivity index (χ4n) is 3.89. The summed E-state index contributed by atoms with van der Waals surface area (Å²) in [6.45, 7) is 5.18. The predicted octanol–water partition coefficient (Wildman–Crippen LogP) is 2.35. The molecule has 1 aromatic carbocycles. The van der Waals surface area contributed by atoms with Gasteiger partial charge in [-0.3, -0.25) is 4.79 Å². The van der Waals surface area contributed by atoms with Crippen LogP contribution in [-0.4, -0.2) is 63.4 Å². The third kappa shape index (κ3) is 3.77. The zero-order valence-corrected chi connectivity index (χ0v) is 14.9. The topological polar surface area (TPSA) is 54.3 Å². The molecular weight excluding hydrogens is 333 g/mol. The van der Waals surface area contributed by atoms with Crippen LogP contribution in [0.3, 0.4) is 0 Å². The average Bonchev–Trinajstić information content (AvgIpc) is 3.34. The molecule has 7 heteroatoms. The van der Waals surface area contributed by atoms with E-state index in [4.69, 9.17) is 0 Å². The minimum atomic E-state index is -0.304. The first kappa shape index (κ1) is 17.1. The first-order valence-corrected chi connectivity index (χ1v) is 9.39. The van der Waals surface area contributed by atoms with Gasteiger partial charge in [-0.15, -0.1) is 5.10 Å². The minimum absolute atomic E-state index is 0.0713. The van der Waals surface area contributed by atoms with Crippen molar-refractivity contribution < 1.29 is 9.18 Å². The van der Waals surface area contributed by atoms with Crippen LogP contribution in [0, 0.1) is 11.7 Å². The van der Waals surface area contributed by atoms with E-state index in [-0.39, 0.29) is 11.7 Å². The van der Waals surface area contributed by atoms with Crippen LogP contribution in [0.1, 0.15) is 36.2 Å². The summed E-state index contributed by atoms with van der Waals surface area (Å²) in [5, 5.41) is 8.02. The molecule has 0 bridgehead atoms. The molecule has 0 spiro atoms. The standard InChI is InChI=1S/C19H24FN5O/c20-16-3-5-17(6-4-16)25-14-18(21-22-25)19(26)24-11-7-15(8-12-24)13-23-9-1-2-10-23/h3-6,14-15H,1-2,7-13H2. The summed E-state index contributed by atoms with van der Waals surface area (Å²) >= 11 is 0. The summed E-state index contributed by atoms with van der Waals surface area (Å²) < 4.78 is 14.5. The molecule has 138 valence electrons. The van der Waals surface area contributed by atoms with Crippen molar-refractivity contribution in [1.29, 1.82) is 0 Å². The van der Waals surface area contributed by atoms with Gasteiger partial charge in [-0.2, -0.15) is 0 Å². The molecule has 0 aliphatic carbocycles. The normalized spacial score (nSPS) is 19.2. The number of nitrogens with zero attached hydrogens (tertiary/aromatic N) is 5. The molecule has 1 aromatic heterocycles. The lowest BCUT2D eigenvalue weighted by Gasteiger charge is -2.33. The molecule has 2 aliphatic heterocycles. The van der Waals surface area contributed by atoms with Gasteiger partial charge in [0.1, 0.15) is 5.82 Å². The molecule has 1 amide bonds. The zero-order chi connectivity index (χ0) is 17.9. The SMILES string of the molecule is O=C(c1cn(-c2ccc(F)cc2)nn1)N1CCC(CN2CCCC2)CC1. The first-order valence-electron chi connectivity index (χ1n) is 9.39. The maximum absolute atomic E-state index is 13.0. The first-order chi connectivity index (χ1) is 12.7. The quantitative estimate of drug-likeness (QED) is 0.843. The lowest BCUT2D eigenvalue weighted by Crippen LogP contribution is -2.41. The Morgan fingerprint density at radius 3 is 2.46 bits per heavy atom. The van der Waals surface area contributed by atoms with Crippen molar-refractivity contribution in [1.82, 2.24) is 24.8 Å². The molecule has 0 atom stereocenters. The van der Waals surface area contributed by atoms with E-state index >= 15 is 0 Å². The number of likely N-dealkylation sites (tertiary alicyclic amines) is 2. The van der Waals surface area contributed by atoms with E-state index in [0.29, 0.717) is 17.3 Å². The van der Waals surface area contributed by atoms with Crippen LogP contribution in [0.25, 0.3) is 5.69 Å². The number of halogens is 1. The maximum Gasteiger partial charge on any atom is 0.276 e. The number of rotatable bonds is 4. The lowest BCUT2D eigenvalue weighted by atomic mass is 9.96. The Bertz CT molecular complexity index is 746. The van der Waals surface area contributed by atoms with Gasteiger partial charge in [0.25, 0.3) is 5.91 Å². The van der Waals surface area contributed by atoms with E-state index in [1.54, 1.807) is 18.3 Å². The Morgan fingerprint density at radius 2 is 1.77 bits per heavy atom. The van der Waals surface area contributed by atoms with Crippen molar-refractivity contribution in [2.75, 3.05) is 32.7 Å². The highest BCUT2D eigenvalue weighted by atomic mass is 19.1. The van der Waals surface area contributed by atoms with Gasteiger partial charge in [-0.25, -0.2) is 9.07 Å². The fourth-order valence-corrected chi connectivity index (χ4v) is 3.89. The van der Waals surface area contributed by atoms with E-state index in [2.05, 4.69) is 15.2 Å². The Kier molecular flexibility index (Phi) is 4.97. The molecule has 2 saturated heterocycles. The van der Waals surface area contributed by atoms with Crippen LogP contribution in [0.2, 0.25) is 0 Å². The Balaban J connectivity index is 1.34. The van der Waals surface area contributed by atoms with Crippen molar-refractivity contribution in [3.8, 4) is 5.69 Å². The van der Waals surface area contributed by atoms with Crippen molar-refractivity contribution in [3.63, 3.8) is 0 Å². The zero-order valence-electron chi connectivity index (χ0n) is 14.9. The third-order valence-electron chi connectivity index (χ3n) is 5.42. The number of carbonyl (C=O) groups is 1. The molecule has 26 heavy (non-hydrogen) atoms. The summed E-state index contributed by atoms with van der Waals surface area (Å²) in [5.41, 5.74) is 1.02. The highest BCUT2D eigenvalue weighted by Crippen LogP contribution is 2.21. The van der Waals surface area contributed by atoms with Gasteiger partial charge >= 0.3 is 0 Å². The summed E-state index contributed by atoms with van der Waals surface area (Å²) in [5.74, 6) is 0.312.